The molecule has 2 aliphatic rings. The SMILES string of the molecule is C.COc1ccc(N2CCN(CCCC(=O)N3CCC(Nc4ccc(C#N)c(C(F)(F)F)c4)CC3)CC2)cn1. The summed E-state index contributed by atoms with van der Waals surface area (Å²) < 4.78 is 44.8. The molecule has 1 aromatic carbocycles. The van der Waals surface area contributed by atoms with E-state index in [1.165, 1.54) is 12.1 Å². The summed E-state index contributed by atoms with van der Waals surface area (Å²) in [6, 6.07) is 9.14. The third-order valence-corrected chi connectivity index (χ3v) is 7.20. The van der Waals surface area contributed by atoms with E-state index in [9.17, 15) is 18.0 Å². The Morgan fingerprint density at radius 1 is 1.13 bits per heavy atom. The molecular weight excluding hydrogens is 509 g/mol. The predicted molar refractivity (Wildman–Crippen MR) is 145 cm³/mol. The molecule has 39 heavy (non-hydrogen) atoms. The molecule has 3 heterocycles. The number of hydrogen-bond acceptors (Lipinski definition) is 7. The number of likely N-dealkylation sites (tertiary alicyclic amines) is 1. The number of carbonyl (C=O) groups is 1. The van der Waals surface area contributed by atoms with Crippen molar-refractivity contribution in [3.05, 3.63) is 47.7 Å². The number of hydrogen-bond donors (Lipinski definition) is 1. The number of alkyl halides is 3. The van der Waals surface area contributed by atoms with E-state index in [4.69, 9.17) is 10.00 Å². The van der Waals surface area contributed by atoms with Gasteiger partial charge in [0.25, 0.3) is 0 Å². The first-order valence-electron chi connectivity index (χ1n) is 12.9. The summed E-state index contributed by atoms with van der Waals surface area (Å²) in [5.74, 6) is 0.729. The van der Waals surface area contributed by atoms with Crippen molar-refractivity contribution in [3.8, 4) is 11.9 Å². The number of amides is 1. The Labute approximate surface area is 228 Å². The summed E-state index contributed by atoms with van der Waals surface area (Å²) in [4.78, 5) is 23.5. The van der Waals surface area contributed by atoms with E-state index in [-0.39, 0.29) is 24.9 Å². The molecular formula is C28H37F3N6O2. The van der Waals surface area contributed by atoms with Gasteiger partial charge in [-0.2, -0.15) is 18.4 Å². The predicted octanol–water partition coefficient (Wildman–Crippen LogP) is 4.62. The largest absolute Gasteiger partial charge is 0.481 e. The fourth-order valence-corrected chi connectivity index (χ4v) is 5.00. The second-order valence-corrected chi connectivity index (χ2v) is 9.66. The number of anilines is 2. The third-order valence-electron chi connectivity index (χ3n) is 7.20. The van der Waals surface area contributed by atoms with Crippen molar-refractivity contribution in [1.29, 1.82) is 5.26 Å². The van der Waals surface area contributed by atoms with Crippen LogP contribution in [0.1, 0.15) is 44.2 Å². The molecule has 2 aromatic rings. The number of benzene rings is 1. The van der Waals surface area contributed by atoms with Crippen molar-refractivity contribution in [2.24, 2.45) is 0 Å². The number of nitriles is 1. The van der Waals surface area contributed by atoms with E-state index < -0.39 is 11.7 Å². The minimum atomic E-state index is -4.58. The smallest absolute Gasteiger partial charge is 0.417 e. The van der Waals surface area contributed by atoms with E-state index >= 15 is 0 Å². The lowest BCUT2D eigenvalue weighted by molar-refractivity contribution is -0.137. The zero-order chi connectivity index (χ0) is 27.1. The quantitative estimate of drug-likeness (QED) is 0.517. The second kappa shape index (κ2) is 13.5. The van der Waals surface area contributed by atoms with Crippen molar-refractivity contribution in [2.75, 3.05) is 63.1 Å². The summed E-state index contributed by atoms with van der Waals surface area (Å²) in [6.45, 7) is 5.71. The highest BCUT2D eigenvalue weighted by Gasteiger charge is 2.34. The summed E-state index contributed by atoms with van der Waals surface area (Å²) in [6.07, 6.45) is -0.140. The standard InChI is InChI=1S/C27H33F3N6O2.CH4/c1-38-25-7-6-23(19-32-25)35-15-13-34(14-16-35)10-2-3-26(37)36-11-8-21(9-12-36)33-22-5-4-20(18-31)24(17-22)27(28,29)30;/h4-7,17,19,21,33H,2-3,8-16H2,1H3;1H4. The number of rotatable bonds is 8. The van der Waals surface area contributed by atoms with Gasteiger partial charge in [0.15, 0.2) is 0 Å². The normalized spacial score (nSPS) is 16.8. The van der Waals surface area contributed by atoms with Crippen molar-refractivity contribution in [2.45, 2.75) is 45.3 Å². The van der Waals surface area contributed by atoms with Crippen LogP contribution in [0.25, 0.3) is 0 Å². The number of methoxy groups -OCH3 is 1. The number of aromatic nitrogens is 1. The molecule has 1 N–H and O–H groups in total. The molecule has 2 fully saturated rings. The first-order chi connectivity index (χ1) is 18.3. The molecule has 8 nitrogen and oxygen atoms in total. The highest BCUT2D eigenvalue weighted by molar-refractivity contribution is 5.76. The summed E-state index contributed by atoms with van der Waals surface area (Å²) in [5.41, 5.74) is 0.0969. The van der Waals surface area contributed by atoms with Gasteiger partial charge >= 0.3 is 6.18 Å². The maximum absolute atomic E-state index is 13.2. The van der Waals surface area contributed by atoms with Crippen molar-refractivity contribution in [3.63, 3.8) is 0 Å². The maximum Gasteiger partial charge on any atom is 0.417 e. The van der Waals surface area contributed by atoms with Gasteiger partial charge in [-0.1, -0.05) is 7.43 Å². The number of pyridine rings is 1. The summed E-state index contributed by atoms with van der Waals surface area (Å²) in [7, 11) is 1.60. The van der Waals surface area contributed by atoms with Crippen LogP contribution in [0.15, 0.2) is 36.5 Å². The van der Waals surface area contributed by atoms with Gasteiger partial charge in [-0.25, -0.2) is 4.98 Å². The fraction of sp³-hybridized carbons (Fsp3) is 0.536. The van der Waals surface area contributed by atoms with Crippen LogP contribution in [-0.2, 0) is 11.0 Å². The molecule has 0 aliphatic carbocycles. The lowest BCUT2D eigenvalue weighted by Gasteiger charge is -2.36. The van der Waals surface area contributed by atoms with E-state index in [2.05, 4.69) is 20.1 Å². The number of halogens is 3. The van der Waals surface area contributed by atoms with Gasteiger partial charge in [0, 0.05) is 63.5 Å². The average molecular weight is 547 g/mol. The number of piperazine rings is 1. The molecule has 2 saturated heterocycles. The minimum absolute atomic E-state index is 0. The molecule has 0 spiro atoms. The van der Waals surface area contributed by atoms with E-state index in [1.54, 1.807) is 13.2 Å². The van der Waals surface area contributed by atoms with Crippen molar-refractivity contribution < 1.29 is 22.7 Å². The number of piperidine rings is 1. The molecule has 2 aliphatic heterocycles. The highest BCUT2D eigenvalue weighted by Crippen LogP contribution is 2.34. The minimum Gasteiger partial charge on any atom is -0.481 e. The monoisotopic (exact) mass is 546 g/mol. The third kappa shape index (κ3) is 7.99. The van der Waals surface area contributed by atoms with Gasteiger partial charge in [-0.05, 0) is 50.1 Å². The Bertz CT molecular complexity index is 1120. The first kappa shape index (κ1) is 30.0. The summed E-state index contributed by atoms with van der Waals surface area (Å²) in [5, 5.41) is 12.1. The van der Waals surface area contributed by atoms with Crippen LogP contribution in [0.5, 0.6) is 5.88 Å². The van der Waals surface area contributed by atoms with Crippen LogP contribution in [0.2, 0.25) is 0 Å². The Balaban J connectivity index is 0.00000420. The lowest BCUT2D eigenvalue weighted by Crippen LogP contribution is -2.47. The first-order valence-corrected chi connectivity index (χ1v) is 12.9. The molecule has 1 aromatic heterocycles. The van der Waals surface area contributed by atoms with Crippen LogP contribution >= 0.6 is 0 Å². The number of nitrogens with zero attached hydrogens (tertiary/aromatic N) is 5. The van der Waals surface area contributed by atoms with Gasteiger partial charge in [0.05, 0.1) is 36.2 Å². The molecule has 0 atom stereocenters. The average Bonchev–Trinajstić information content (AvgIpc) is 2.93. The van der Waals surface area contributed by atoms with Gasteiger partial charge < -0.3 is 19.9 Å². The molecule has 0 radical (unpaired) electrons. The van der Waals surface area contributed by atoms with E-state index in [0.29, 0.717) is 43.9 Å². The van der Waals surface area contributed by atoms with Gasteiger partial charge in [-0.3, -0.25) is 9.69 Å². The Morgan fingerprint density at radius 3 is 2.44 bits per heavy atom. The van der Waals surface area contributed by atoms with Crippen LogP contribution in [0.4, 0.5) is 24.5 Å². The van der Waals surface area contributed by atoms with Crippen molar-refractivity contribution in [1.82, 2.24) is 14.8 Å². The number of ether oxygens (including phenoxy) is 1. The molecule has 212 valence electrons. The number of carbonyl (C=O) groups excluding carboxylic acids is 1. The van der Waals surface area contributed by atoms with Crippen LogP contribution in [0.3, 0.4) is 0 Å². The molecule has 11 heteroatoms. The van der Waals surface area contributed by atoms with E-state index in [1.807, 2.05) is 23.2 Å². The maximum atomic E-state index is 13.2. The summed E-state index contributed by atoms with van der Waals surface area (Å²) >= 11 is 0. The van der Waals surface area contributed by atoms with Crippen LogP contribution in [0, 0.1) is 11.3 Å². The van der Waals surface area contributed by atoms with E-state index in [0.717, 1.165) is 50.9 Å². The zero-order valence-corrected chi connectivity index (χ0v) is 21.5. The molecule has 0 saturated carbocycles. The van der Waals surface area contributed by atoms with Gasteiger partial charge in [0.2, 0.25) is 11.8 Å². The Kier molecular flexibility index (Phi) is 10.4. The zero-order valence-electron chi connectivity index (χ0n) is 21.5. The van der Waals surface area contributed by atoms with Crippen LogP contribution in [-0.4, -0.2) is 79.7 Å². The van der Waals surface area contributed by atoms with Gasteiger partial charge in [0.1, 0.15) is 0 Å². The molecule has 0 bridgehead atoms. The fourth-order valence-electron chi connectivity index (χ4n) is 5.00. The topological polar surface area (TPSA) is 84.7 Å². The molecule has 1 amide bonds. The molecule has 4 rings (SSSR count). The highest BCUT2D eigenvalue weighted by atomic mass is 19.4. The van der Waals surface area contributed by atoms with Crippen molar-refractivity contribution >= 4 is 17.3 Å². The Hall–Kier alpha value is -3.52. The Morgan fingerprint density at radius 2 is 1.85 bits per heavy atom. The van der Waals surface area contributed by atoms with Crippen LogP contribution < -0.4 is 15.0 Å². The molecule has 0 unspecified atom stereocenters. The number of nitrogens with one attached hydrogen (secondary N) is 1. The van der Waals surface area contributed by atoms with Gasteiger partial charge in [-0.15, -0.1) is 0 Å². The lowest BCUT2D eigenvalue weighted by atomic mass is 10.0. The second-order valence-electron chi connectivity index (χ2n) is 9.66.